The van der Waals surface area contributed by atoms with Crippen LogP contribution in [0.4, 0.5) is 0 Å². The number of nitrogens with zero attached hydrogens (tertiary/aromatic N) is 1. The van der Waals surface area contributed by atoms with Gasteiger partial charge < -0.3 is 4.90 Å². The molecular weight excluding hydrogens is 230 g/mol. The van der Waals surface area contributed by atoms with Crippen molar-refractivity contribution in [1.82, 2.24) is 4.90 Å². The summed E-state index contributed by atoms with van der Waals surface area (Å²) >= 11 is 10.2. The summed E-state index contributed by atoms with van der Waals surface area (Å²) in [4.78, 5) is 14.6. The van der Waals surface area contributed by atoms with Gasteiger partial charge in [0.1, 0.15) is 0 Å². The summed E-state index contributed by atoms with van der Waals surface area (Å²) in [5.74, 6) is 0.0217. The number of rotatable bonds is 1. The summed E-state index contributed by atoms with van der Waals surface area (Å²) in [5.41, 5.74) is 0.561. The lowest BCUT2D eigenvalue weighted by Crippen LogP contribution is -2.27. The fourth-order valence-electron chi connectivity index (χ4n) is 1.77. The molecular formula is C11H12ClNOS. The Morgan fingerprint density at radius 3 is 2.67 bits per heavy atom. The molecule has 1 aromatic carbocycles. The molecule has 0 aromatic heterocycles. The molecule has 1 aliphatic heterocycles. The van der Waals surface area contributed by atoms with Crippen molar-refractivity contribution in [2.45, 2.75) is 17.7 Å². The SMILES string of the molecule is O=C(c1cc(S)ccc1Cl)N1CCCC1. The van der Waals surface area contributed by atoms with E-state index in [-0.39, 0.29) is 5.91 Å². The van der Waals surface area contributed by atoms with E-state index in [4.69, 9.17) is 11.6 Å². The molecule has 2 rings (SSSR count). The van der Waals surface area contributed by atoms with Crippen molar-refractivity contribution in [2.24, 2.45) is 0 Å². The number of amides is 1. The van der Waals surface area contributed by atoms with Crippen molar-refractivity contribution in [3.8, 4) is 0 Å². The lowest BCUT2D eigenvalue weighted by atomic mass is 10.2. The highest BCUT2D eigenvalue weighted by Crippen LogP contribution is 2.22. The van der Waals surface area contributed by atoms with E-state index in [9.17, 15) is 4.79 Å². The second-order valence-electron chi connectivity index (χ2n) is 3.66. The van der Waals surface area contributed by atoms with Gasteiger partial charge in [-0.3, -0.25) is 4.79 Å². The Kier molecular flexibility index (Phi) is 3.22. The first kappa shape index (κ1) is 10.8. The summed E-state index contributed by atoms with van der Waals surface area (Å²) in [6, 6.07) is 5.23. The lowest BCUT2D eigenvalue weighted by molar-refractivity contribution is 0.0793. The molecule has 80 valence electrons. The molecule has 15 heavy (non-hydrogen) atoms. The molecule has 1 heterocycles. The second-order valence-corrected chi connectivity index (χ2v) is 4.59. The molecule has 1 amide bonds. The highest BCUT2D eigenvalue weighted by Gasteiger charge is 2.21. The third-order valence-corrected chi connectivity index (χ3v) is 3.18. The fourth-order valence-corrected chi connectivity index (χ4v) is 2.17. The van der Waals surface area contributed by atoms with Crippen LogP contribution < -0.4 is 0 Å². The van der Waals surface area contributed by atoms with Crippen molar-refractivity contribution in [2.75, 3.05) is 13.1 Å². The minimum absolute atomic E-state index is 0.0217. The summed E-state index contributed by atoms with van der Waals surface area (Å²) in [6.45, 7) is 1.68. The standard InChI is InChI=1S/C11H12ClNOS/c12-10-4-3-8(15)7-9(10)11(14)13-5-1-2-6-13/h3-4,7,15H,1-2,5-6H2. The van der Waals surface area contributed by atoms with E-state index in [1.165, 1.54) is 0 Å². The molecule has 4 heteroatoms. The van der Waals surface area contributed by atoms with Crippen LogP contribution in [0, 0.1) is 0 Å². The number of halogens is 1. The van der Waals surface area contributed by atoms with Gasteiger partial charge in [-0.25, -0.2) is 0 Å². The van der Waals surface area contributed by atoms with Crippen LogP contribution in [0.2, 0.25) is 5.02 Å². The molecule has 1 saturated heterocycles. The van der Waals surface area contributed by atoms with Gasteiger partial charge >= 0.3 is 0 Å². The molecule has 1 aliphatic rings. The largest absolute Gasteiger partial charge is 0.339 e. The summed E-state index contributed by atoms with van der Waals surface area (Å²) < 4.78 is 0. The molecule has 0 aliphatic carbocycles. The van der Waals surface area contributed by atoms with E-state index < -0.39 is 0 Å². The zero-order valence-corrected chi connectivity index (χ0v) is 9.89. The van der Waals surface area contributed by atoms with Crippen LogP contribution in [0.25, 0.3) is 0 Å². The van der Waals surface area contributed by atoms with E-state index in [1.807, 2.05) is 4.90 Å². The van der Waals surface area contributed by atoms with Gasteiger partial charge in [0.25, 0.3) is 5.91 Å². The predicted octanol–water partition coefficient (Wildman–Crippen LogP) is 2.86. The Morgan fingerprint density at radius 1 is 1.33 bits per heavy atom. The monoisotopic (exact) mass is 241 g/mol. The van der Waals surface area contributed by atoms with E-state index in [0.29, 0.717) is 10.6 Å². The average molecular weight is 242 g/mol. The van der Waals surface area contributed by atoms with Crippen LogP contribution in [0.3, 0.4) is 0 Å². The number of thiol groups is 1. The van der Waals surface area contributed by atoms with Crippen molar-refractivity contribution >= 4 is 30.1 Å². The second kappa shape index (κ2) is 4.45. The van der Waals surface area contributed by atoms with Gasteiger partial charge in [0.2, 0.25) is 0 Å². The van der Waals surface area contributed by atoms with Gasteiger partial charge in [-0.2, -0.15) is 0 Å². The summed E-state index contributed by atoms with van der Waals surface area (Å²) in [5, 5.41) is 0.504. The third kappa shape index (κ3) is 2.29. The number of carbonyl (C=O) groups excluding carboxylic acids is 1. The number of likely N-dealkylation sites (tertiary alicyclic amines) is 1. The van der Waals surface area contributed by atoms with Crippen molar-refractivity contribution in [1.29, 1.82) is 0 Å². The van der Waals surface area contributed by atoms with E-state index >= 15 is 0 Å². The number of hydrogen-bond donors (Lipinski definition) is 1. The van der Waals surface area contributed by atoms with Gasteiger partial charge in [-0.1, -0.05) is 11.6 Å². The maximum absolute atomic E-state index is 12.0. The highest BCUT2D eigenvalue weighted by atomic mass is 35.5. The normalized spacial score (nSPS) is 15.7. The Balaban J connectivity index is 2.27. The first-order valence-corrected chi connectivity index (χ1v) is 5.79. The summed E-state index contributed by atoms with van der Waals surface area (Å²) in [7, 11) is 0. The van der Waals surface area contributed by atoms with Gasteiger partial charge in [-0.05, 0) is 31.0 Å². The molecule has 0 saturated carbocycles. The zero-order valence-electron chi connectivity index (χ0n) is 8.24. The quantitative estimate of drug-likeness (QED) is 0.750. The van der Waals surface area contributed by atoms with Crippen molar-refractivity contribution in [3.63, 3.8) is 0 Å². The van der Waals surface area contributed by atoms with E-state index in [1.54, 1.807) is 18.2 Å². The molecule has 0 atom stereocenters. The molecule has 0 N–H and O–H groups in total. The van der Waals surface area contributed by atoms with Gasteiger partial charge in [0, 0.05) is 18.0 Å². The number of carbonyl (C=O) groups is 1. The van der Waals surface area contributed by atoms with Crippen molar-refractivity contribution in [3.05, 3.63) is 28.8 Å². The molecule has 2 nitrogen and oxygen atoms in total. The Bertz CT molecular complexity index is 388. The molecule has 1 aromatic rings. The van der Waals surface area contributed by atoms with Crippen LogP contribution in [0.5, 0.6) is 0 Å². The molecule has 0 spiro atoms. The van der Waals surface area contributed by atoms with Crippen LogP contribution >= 0.6 is 24.2 Å². The average Bonchev–Trinajstić information content (AvgIpc) is 2.74. The predicted molar refractivity (Wildman–Crippen MR) is 63.8 cm³/mol. The minimum atomic E-state index is 0.0217. The van der Waals surface area contributed by atoms with Gasteiger partial charge in [-0.15, -0.1) is 12.6 Å². The third-order valence-electron chi connectivity index (χ3n) is 2.57. The minimum Gasteiger partial charge on any atom is -0.339 e. The van der Waals surface area contributed by atoms with Gasteiger partial charge in [0.05, 0.1) is 10.6 Å². The van der Waals surface area contributed by atoms with E-state index in [2.05, 4.69) is 12.6 Å². The fraction of sp³-hybridized carbons (Fsp3) is 0.364. The Labute approximate surface area is 99.6 Å². The smallest absolute Gasteiger partial charge is 0.255 e. The Hall–Kier alpha value is -0.670. The van der Waals surface area contributed by atoms with Crippen molar-refractivity contribution < 1.29 is 4.79 Å². The maximum Gasteiger partial charge on any atom is 0.255 e. The first-order chi connectivity index (χ1) is 7.18. The van der Waals surface area contributed by atoms with Crippen LogP contribution in [0.15, 0.2) is 23.1 Å². The zero-order chi connectivity index (χ0) is 10.8. The molecule has 1 fully saturated rings. The van der Waals surface area contributed by atoms with Crippen LogP contribution in [-0.4, -0.2) is 23.9 Å². The summed E-state index contributed by atoms with van der Waals surface area (Å²) in [6.07, 6.45) is 2.17. The molecule has 0 bridgehead atoms. The van der Waals surface area contributed by atoms with E-state index in [0.717, 1.165) is 30.8 Å². The number of hydrogen-bond acceptors (Lipinski definition) is 2. The van der Waals surface area contributed by atoms with Crippen LogP contribution in [-0.2, 0) is 0 Å². The highest BCUT2D eigenvalue weighted by molar-refractivity contribution is 7.80. The maximum atomic E-state index is 12.0. The molecule has 0 radical (unpaired) electrons. The lowest BCUT2D eigenvalue weighted by Gasteiger charge is -2.16. The Morgan fingerprint density at radius 2 is 2.00 bits per heavy atom. The number of benzene rings is 1. The first-order valence-electron chi connectivity index (χ1n) is 4.96. The van der Waals surface area contributed by atoms with Gasteiger partial charge in [0.15, 0.2) is 0 Å². The topological polar surface area (TPSA) is 20.3 Å². The molecule has 0 unspecified atom stereocenters. The van der Waals surface area contributed by atoms with Crippen LogP contribution in [0.1, 0.15) is 23.2 Å².